The predicted octanol–water partition coefficient (Wildman–Crippen LogP) is 2.54. The number of aromatic nitrogens is 5. The highest BCUT2D eigenvalue weighted by Gasteiger charge is 2.26. The first-order valence-corrected chi connectivity index (χ1v) is 12.6. The Morgan fingerprint density at radius 3 is 2.82 bits per heavy atom. The number of benzene rings is 2. The van der Waals surface area contributed by atoms with Crippen LogP contribution >= 0.6 is 0 Å². The Labute approximate surface area is 222 Å². The van der Waals surface area contributed by atoms with E-state index in [1.165, 1.54) is 24.7 Å². The van der Waals surface area contributed by atoms with Crippen molar-refractivity contribution in [3.63, 3.8) is 0 Å². The van der Waals surface area contributed by atoms with Crippen LogP contribution in [0, 0.1) is 11.6 Å². The molecule has 1 aliphatic heterocycles. The third kappa shape index (κ3) is 6.10. The minimum Gasteiger partial charge on any atom is -0.493 e. The second-order valence-electron chi connectivity index (χ2n) is 9.33. The minimum absolute atomic E-state index is 0.180. The topological polar surface area (TPSA) is 144 Å². The van der Waals surface area contributed by atoms with E-state index in [4.69, 9.17) is 10.5 Å². The Morgan fingerprint density at radius 1 is 1.21 bits per heavy atom. The number of halogens is 2. The summed E-state index contributed by atoms with van der Waals surface area (Å²) in [5.41, 5.74) is 5.86. The van der Waals surface area contributed by atoms with Crippen LogP contribution in [0.15, 0.2) is 48.9 Å². The number of nitrogens with zero attached hydrogens (tertiary/aromatic N) is 6. The average Bonchev–Trinajstić information content (AvgIpc) is 3.38. The van der Waals surface area contributed by atoms with Crippen molar-refractivity contribution in [3.05, 3.63) is 66.1 Å². The van der Waals surface area contributed by atoms with Crippen molar-refractivity contribution < 1.29 is 23.4 Å². The molecule has 204 valence electrons. The molecule has 2 aromatic heterocycles. The highest BCUT2D eigenvalue weighted by atomic mass is 19.2. The van der Waals surface area contributed by atoms with E-state index in [1.807, 2.05) is 18.2 Å². The molecule has 4 N–H and O–H groups in total. The maximum atomic E-state index is 14.4. The molecule has 1 aliphatic rings. The van der Waals surface area contributed by atoms with E-state index in [-0.39, 0.29) is 17.5 Å². The molecule has 5 rings (SSSR count). The number of rotatable bonds is 10. The molecule has 0 radical (unpaired) electrons. The van der Waals surface area contributed by atoms with Crippen molar-refractivity contribution in [1.82, 2.24) is 29.9 Å². The van der Waals surface area contributed by atoms with Gasteiger partial charge in [0.15, 0.2) is 23.5 Å². The van der Waals surface area contributed by atoms with Gasteiger partial charge in [-0.05, 0) is 37.5 Å². The number of piperidine rings is 1. The zero-order valence-corrected chi connectivity index (χ0v) is 21.0. The molecule has 0 bridgehead atoms. The summed E-state index contributed by atoms with van der Waals surface area (Å²) in [7, 11) is 0. The van der Waals surface area contributed by atoms with Crippen LogP contribution in [-0.2, 0) is 4.79 Å². The van der Waals surface area contributed by atoms with Gasteiger partial charge in [-0.3, -0.25) is 4.79 Å². The fraction of sp³-hybridized carbons (Fsp3) is 0.346. The molecule has 0 spiro atoms. The Morgan fingerprint density at radius 2 is 2.03 bits per heavy atom. The Hall–Kier alpha value is -4.23. The summed E-state index contributed by atoms with van der Waals surface area (Å²) in [5, 5.41) is 21.2. The lowest BCUT2D eigenvalue weighted by atomic mass is 10.1. The fourth-order valence-electron chi connectivity index (χ4n) is 4.59. The van der Waals surface area contributed by atoms with Gasteiger partial charge in [-0.2, -0.15) is 0 Å². The number of likely N-dealkylation sites (tertiary alicyclic amines) is 1. The first-order chi connectivity index (χ1) is 18.9. The molecule has 11 nitrogen and oxygen atoms in total. The zero-order chi connectivity index (χ0) is 27.4. The number of nitrogens with one attached hydrogen (secondary N) is 1. The van der Waals surface area contributed by atoms with E-state index in [0.717, 1.165) is 49.6 Å². The van der Waals surface area contributed by atoms with Crippen LogP contribution in [0.2, 0.25) is 0 Å². The lowest BCUT2D eigenvalue weighted by Gasteiger charge is -2.29. The van der Waals surface area contributed by atoms with Crippen LogP contribution in [0.3, 0.4) is 0 Å². The second-order valence-corrected chi connectivity index (χ2v) is 9.33. The molecule has 1 unspecified atom stereocenters. The molecular weight excluding hydrogens is 510 g/mol. The van der Waals surface area contributed by atoms with Gasteiger partial charge < -0.3 is 25.8 Å². The molecule has 39 heavy (non-hydrogen) atoms. The van der Waals surface area contributed by atoms with E-state index in [0.29, 0.717) is 29.1 Å². The molecule has 4 aromatic rings. The summed E-state index contributed by atoms with van der Waals surface area (Å²) in [4.78, 5) is 23.0. The highest BCUT2D eigenvalue weighted by Crippen LogP contribution is 2.27. The normalized spacial score (nSPS) is 15.4. The molecule has 1 atom stereocenters. The summed E-state index contributed by atoms with van der Waals surface area (Å²) in [6, 6.07) is 7.55. The molecule has 13 heteroatoms. The lowest BCUT2D eigenvalue weighted by Crippen LogP contribution is -2.36. The number of nitrogens with two attached hydrogens (primary N) is 1. The number of carbonyl (C=O) groups is 1. The van der Waals surface area contributed by atoms with Gasteiger partial charge in [-0.25, -0.2) is 23.4 Å². The van der Waals surface area contributed by atoms with E-state index in [1.54, 1.807) is 0 Å². The quantitative estimate of drug-likeness (QED) is 0.259. The van der Waals surface area contributed by atoms with Gasteiger partial charge in [0.2, 0.25) is 5.91 Å². The van der Waals surface area contributed by atoms with Gasteiger partial charge in [-0.1, -0.05) is 17.3 Å². The van der Waals surface area contributed by atoms with E-state index < -0.39 is 23.6 Å². The average molecular weight is 539 g/mol. The summed E-state index contributed by atoms with van der Waals surface area (Å²) >= 11 is 0. The molecule has 0 saturated carbocycles. The number of hydrogen-bond donors (Lipinski definition) is 3. The first-order valence-electron chi connectivity index (χ1n) is 12.6. The second kappa shape index (κ2) is 11.7. The summed E-state index contributed by atoms with van der Waals surface area (Å²) < 4.78 is 35.1. The minimum atomic E-state index is -1.40. The number of aliphatic hydroxyl groups is 1. The highest BCUT2D eigenvalue weighted by molar-refractivity contribution is 5.91. The molecule has 1 amide bonds. The molecule has 1 fully saturated rings. The maximum absolute atomic E-state index is 14.4. The fourth-order valence-corrected chi connectivity index (χ4v) is 4.59. The van der Waals surface area contributed by atoms with E-state index in [2.05, 4.69) is 30.5 Å². The molecule has 0 aliphatic carbocycles. The van der Waals surface area contributed by atoms with Crippen LogP contribution in [0.4, 0.5) is 20.4 Å². The maximum Gasteiger partial charge on any atom is 0.247 e. The Balaban J connectivity index is 1.25. The summed E-state index contributed by atoms with van der Waals surface area (Å²) in [6.45, 7) is 3.28. The summed E-state index contributed by atoms with van der Waals surface area (Å²) in [5.74, 6) is -1.89. The number of aliphatic hydroxyl groups excluding tert-OH is 1. The molecular formula is C26H28F2N8O3. The number of carbonyl (C=O) groups excluding carboxylic acids is 1. The standard InChI is InChI=1S/C26H28F2N8O3/c27-20-4-1-3-19(23(20)28)24(25(29)38)36-14-22(33-34-36)32-26-18-6-5-17(13-21(18)30-15-31-26)39-12-2-9-35-10-7-16(37)8-11-35/h1,3-6,13-16,24,37H,2,7-12H2,(H2,29,38)(H,30,31,32). The lowest BCUT2D eigenvalue weighted by molar-refractivity contribution is -0.120. The zero-order valence-electron chi connectivity index (χ0n) is 21.0. The van der Waals surface area contributed by atoms with Gasteiger partial charge in [-0.15, -0.1) is 5.10 Å². The van der Waals surface area contributed by atoms with E-state index >= 15 is 0 Å². The van der Waals surface area contributed by atoms with Crippen LogP contribution in [-0.4, -0.2) is 73.2 Å². The number of ether oxygens (including phenoxy) is 1. The van der Waals surface area contributed by atoms with Crippen LogP contribution in [0.1, 0.15) is 30.9 Å². The predicted molar refractivity (Wildman–Crippen MR) is 138 cm³/mol. The van der Waals surface area contributed by atoms with Gasteiger partial charge in [0.25, 0.3) is 0 Å². The SMILES string of the molecule is NC(=O)C(c1cccc(F)c1F)n1cc(Nc2ncnc3cc(OCCCN4CCC(O)CC4)ccc23)nn1. The van der Waals surface area contributed by atoms with Gasteiger partial charge in [0, 0.05) is 36.7 Å². The van der Waals surface area contributed by atoms with Gasteiger partial charge >= 0.3 is 0 Å². The van der Waals surface area contributed by atoms with Crippen molar-refractivity contribution in [3.8, 4) is 5.75 Å². The van der Waals surface area contributed by atoms with Crippen molar-refractivity contribution in [1.29, 1.82) is 0 Å². The number of anilines is 2. The molecule has 2 aromatic carbocycles. The third-order valence-electron chi connectivity index (χ3n) is 6.62. The largest absolute Gasteiger partial charge is 0.493 e. The van der Waals surface area contributed by atoms with Crippen LogP contribution in [0.5, 0.6) is 5.75 Å². The Bertz CT molecular complexity index is 1460. The third-order valence-corrected chi connectivity index (χ3v) is 6.62. The number of amides is 1. The number of fused-ring (bicyclic) bond motifs is 1. The monoisotopic (exact) mass is 538 g/mol. The number of primary amides is 1. The van der Waals surface area contributed by atoms with Crippen molar-refractivity contribution in [2.45, 2.75) is 31.4 Å². The van der Waals surface area contributed by atoms with Gasteiger partial charge in [0.05, 0.1) is 24.4 Å². The van der Waals surface area contributed by atoms with E-state index in [9.17, 15) is 18.7 Å². The number of hydrogen-bond acceptors (Lipinski definition) is 9. The van der Waals surface area contributed by atoms with Crippen molar-refractivity contribution >= 4 is 28.4 Å². The van der Waals surface area contributed by atoms with Crippen LogP contribution < -0.4 is 15.8 Å². The van der Waals surface area contributed by atoms with Crippen molar-refractivity contribution in [2.75, 3.05) is 31.6 Å². The van der Waals surface area contributed by atoms with Crippen LogP contribution in [0.25, 0.3) is 10.9 Å². The first kappa shape index (κ1) is 26.4. The molecule has 3 heterocycles. The van der Waals surface area contributed by atoms with Gasteiger partial charge in [0.1, 0.15) is 17.9 Å². The Kier molecular flexibility index (Phi) is 7.89. The van der Waals surface area contributed by atoms with Crippen molar-refractivity contribution in [2.24, 2.45) is 5.73 Å². The smallest absolute Gasteiger partial charge is 0.247 e. The summed E-state index contributed by atoms with van der Waals surface area (Å²) in [6.07, 6.45) is 5.06. The molecule has 1 saturated heterocycles.